The Labute approximate surface area is 182 Å². The van der Waals surface area contributed by atoms with E-state index in [4.69, 9.17) is 4.74 Å². The molecule has 1 aliphatic heterocycles. The molecule has 0 spiro atoms. The van der Waals surface area contributed by atoms with E-state index in [9.17, 15) is 14.7 Å². The number of amides is 1. The third kappa shape index (κ3) is 6.24. The molecule has 1 fully saturated rings. The molecule has 2 atom stereocenters. The number of nitrogens with one attached hydrogen (secondary N) is 1. The van der Waals surface area contributed by atoms with E-state index in [-0.39, 0.29) is 12.3 Å². The normalized spacial score (nSPS) is 16.0. The molecule has 160 valence electrons. The van der Waals surface area contributed by atoms with E-state index in [2.05, 4.69) is 35.0 Å². The van der Waals surface area contributed by atoms with Crippen LogP contribution in [0.1, 0.15) is 11.1 Å². The minimum atomic E-state index is -1.04. The molecule has 2 aromatic carbocycles. The average Bonchev–Trinajstić information content (AvgIpc) is 2.78. The topological polar surface area (TPSA) is 78.9 Å². The van der Waals surface area contributed by atoms with Gasteiger partial charge >= 0.3 is 5.97 Å². The van der Waals surface area contributed by atoms with Crippen molar-refractivity contribution in [2.45, 2.75) is 18.9 Å². The Kier molecular flexibility index (Phi) is 8.16. The highest BCUT2D eigenvalue weighted by Gasteiger charge is 2.25. The number of ether oxygens (including phenoxy) is 1. The van der Waals surface area contributed by atoms with Crippen LogP contribution in [0.25, 0.3) is 0 Å². The largest absolute Gasteiger partial charge is 0.480 e. The molecule has 2 aromatic rings. The molecule has 0 aliphatic carbocycles. The third-order valence-electron chi connectivity index (χ3n) is 5.28. The van der Waals surface area contributed by atoms with Crippen molar-refractivity contribution in [1.82, 2.24) is 5.32 Å². The van der Waals surface area contributed by atoms with Crippen LogP contribution in [0.4, 0.5) is 5.69 Å². The molecule has 1 heterocycles. The Morgan fingerprint density at radius 2 is 1.63 bits per heavy atom. The number of rotatable bonds is 9. The molecule has 0 saturated carbocycles. The van der Waals surface area contributed by atoms with Crippen LogP contribution in [0.5, 0.6) is 0 Å². The number of hydrogen-bond acceptors (Lipinski definition) is 5. The van der Waals surface area contributed by atoms with E-state index in [1.165, 1.54) is 0 Å². The fourth-order valence-electron chi connectivity index (χ4n) is 3.53. The zero-order chi connectivity index (χ0) is 21.3. The minimum absolute atomic E-state index is 0.245. The zero-order valence-electron chi connectivity index (χ0n) is 16.9. The van der Waals surface area contributed by atoms with Crippen LogP contribution in [0.2, 0.25) is 0 Å². The van der Waals surface area contributed by atoms with Crippen molar-refractivity contribution in [3.63, 3.8) is 0 Å². The van der Waals surface area contributed by atoms with Crippen LogP contribution in [-0.2, 0) is 27.2 Å². The van der Waals surface area contributed by atoms with Crippen LogP contribution in [-0.4, -0.2) is 55.1 Å². The van der Waals surface area contributed by atoms with Crippen molar-refractivity contribution in [2.24, 2.45) is 5.92 Å². The Morgan fingerprint density at radius 1 is 1.00 bits per heavy atom. The molecule has 1 unspecified atom stereocenters. The summed E-state index contributed by atoms with van der Waals surface area (Å²) < 4.78 is 5.39. The molecule has 7 heteroatoms. The summed E-state index contributed by atoms with van der Waals surface area (Å²) in [5.41, 5.74) is 3.03. The molecule has 6 nitrogen and oxygen atoms in total. The van der Waals surface area contributed by atoms with Crippen molar-refractivity contribution >= 4 is 30.2 Å². The molecule has 0 bridgehead atoms. The molecule has 3 rings (SSSR count). The van der Waals surface area contributed by atoms with E-state index in [0.717, 1.165) is 43.1 Å². The van der Waals surface area contributed by atoms with Gasteiger partial charge in [-0.15, -0.1) is 0 Å². The first-order valence-electron chi connectivity index (χ1n) is 10.2. The van der Waals surface area contributed by atoms with Crippen LogP contribution in [0, 0.1) is 5.92 Å². The van der Waals surface area contributed by atoms with Crippen LogP contribution in [0.15, 0.2) is 54.6 Å². The summed E-state index contributed by atoms with van der Waals surface area (Å²) in [6.45, 7) is 3.22. The highest BCUT2D eigenvalue weighted by atomic mass is 32.1. The van der Waals surface area contributed by atoms with Gasteiger partial charge in [0.2, 0.25) is 5.91 Å². The van der Waals surface area contributed by atoms with E-state index in [0.29, 0.717) is 12.2 Å². The maximum absolute atomic E-state index is 12.8. The lowest BCUT2D eigenvalue weighted by Crippen LogP contribution is -2.45. The van der Waals surface area contributed by atoms with E-state index < -0.39 is 17.9 Å². The second-order valence-corrected chi connectivity index (χ2v) is 7.80. The number of nitrogens with zero attached hydrogens (tertiary/aromatic N) is 1. The zero-order valence-corrected chi connectivity index (χ0v) is 17.8. The number of thiol groups is 1. The van der Waals surface area contributed by atoms with Crippen LogP contribution < -0.4 is 10.2 Å². The lowest BCUT2D eigenvalue weighted by Gasteiger charge is -2.29. The first-order valence-corrected chi connectivity index (χ1v) is 10.8. The van der Waals surface area contributed by atoms with Crippen LogP contribution >= 0.6 is 12.6 Å². The third-order valence-corrected chi connectivity index (χ3v) is 5.72. The van der Waals surface area contributed by atoms with E-state index in [1.54, 1.807) is 0 Å². The molecular weight excluding hydrogens is 400 g/mol. The van der Waals surface area contributed by atoms with Crippen molar-refractivity contribution in [3.05, 3.63) is 65.7 Å². The number of carboxylic acids is 1. The van der Waals surface area contributed by atoms with Crippen LogP contribution in [0.3, 0.4) is 0 Å². The van der Waals surface area contributed by atoms with Gasteiger partial charge in [-0.25, -0.2) is 4.79 Å². The number of aliphatic carboxylic acids is 1. The van der Waals surface area contributed by atoms with Crippen molar-refractivity contribution in [1.29, 1.82) is 0 Å². The predicted octanol–water partition coefficient (Wildman–Crippen LogP) is 2.42. The number of benzene rings is 2. The van der Waals surface area contributed by atoms with Gasteiger partial charge in [0.15, 0.2) is 0 Å². The molecule has 0 radical (unpaired) electrons. The van der Waals surface area contributed by atoms with Gasteiger partial charge in [-0.3, -0.25) is 4.79 Å². The summed E-state index contributed by atoms with van der Waals surface area (Å²) in [6.07, 6.45) is 0.756. The summed E-state index contributed by atoms with van der Waals surface area (Å²) in [4.78, 5) is 26.7. The molecule has 0 aromatic heterocycles. The molecule has 1 aliphatic rings. The lowest BCUT2D eigenvalue weighted by atomic mass is 9.98. The van der Waals surface area contributed by atoms with Crippen molar-refractivity contribution in [3.8, 4) is 0 Å². The molecule has 30 heavy (non-hydrogen) atoms. The van der Waals surface area contributed by atoms with Gasteiger partial charge in [-0.1, -0.05) is 42.5 Å². The Bertz CT molecular complexity index is 823. The minimum Gasteiger partial charge on any atom is -0.480 e. The lowest BCUT2D eigenvalue weighted by molar-refractivity contribution is -0.142. The van der Waals surface area contributed by atoms with Crippen molar-refractivity contribution < 1.29 is 19.4 Å². The first kappa shape index (κ1) is 22.2. The number of carbonyl (C=O) groups is 2. The number of carboxylic acid groups (broad SMARTS) is 1. The van der Waals surface area contributed by atoms with Gasteiger partial charge in [-0.05, 0) is 29.7 Å². The molecule has 1 amide bonds. The van der Waals surface area contributed by atoms with E-state index >= 15 is 0 Å². The number of hydrogen-bond donors (Lipinski definition) is 3. The number of morpholine rings is 1. The molecular formula is C23H28N2O4S. The average molecular weight is 429 g/mol. The fourth-order valence-corrected chi connectivity index (χ4v) is 3.82. The highest BCUT2D eigenvalue weighted by Crippen LogP contribution is 2.19. The van der Waals surface area contributed by atoms with Gasteiger partial charge in [-0.2, -0.15) is 12.6 Å². The van der Waals surface area contributed by atoms with Gasteiger partial charge in [0.05, 0.1) is 19.1 Å². The Hall–Kier alpha value is -2.51. The standard InChI is InChI=1S/C23H28N2O4S/c26-22(24-21(23(27)28)15-17-4-2-1-3-5-17)19(16-30)14-18-6-8-20(9-7-18)25-10-12-29-13-11-25/h1-9,19,21,30H,10-16H2,(H,24,26)(H,27,28)/t19?,21-/m0/s1. The predicted molar refractivity (Wildman–Crippen MR) is 120 cm³/mol. The first-order chi connectivity index (χ1) is 14.6. The van der Waals surface area contributed by atoms with Gasteiger partial charge in [0.25, 0.3) is 0 Å². The number of carbonyl (C=O) groups excluding carboxylic acids is 1. The maximum atomic E-state index is 12.8. The van der Waals surface area contributed by atoms with Crippen molar-refractivity contribution in [2.75, 3.05) is 37.0 Å². The second kappa shape index (κ2) is 11.0. The summed E-state index contributed by atoms with van der Waals surface area (Å²) >= 11 is 4.33. The van der Waals surface area contributed by atoms with Gasteiger partial charge in [0, 0.05) is 31.0 Å². The smallest absolute Gasteiger partial charge is 0.326 e. The molecule has 1 saturated heterocycles. The quantitative estimate of drug-likeness (QED) is 0.535. The van der Waals surface area contributed by atoms with E-state index in [1.807, 2.05) is 42.5 Å². The summed E-state index contributed by atoms with van der Waals surface area (Å²) in [5.74, 6) is -1.39. The van der Waals surface area contributed by atoms with Gasteiger partial charge in [0.1, 0.15) is 6.04 Å². The second-order valence-electron chi connectivity index (χ2n) is 7.44. The molecule has 2 N–H and O–H groups in total. The SMILES string of the molecule is O=C(N[C@@H](Cc1ccccc1)C(=O)O)C(CS)Cc1ccc(N2CCOCC2)cc1. The maximum Gasteiger partial charge on any atom is 0.326 e. The fraction of sp³-hybridized carbons (Fsp3) is 0.391. The highest BCUT2D eigenvalue weighted by molar-refractivity contribution is 7.80. The van der Waals surface area contributed by atoms with Gasteiger partial charge < -0.3 is 20.1 Å². The Balaban J connectivity index is 1.60. The number of anilines is 1. The summed E-state index contributed by atoms with van der Waals surface area (Å²) in [6, 6.07) is 16.5. The monoisotopic (exact) mass is 428 g/mol. The Morgan fingerprint density at radius 3 is 2.23 bits per heavy atom. The summed E-state index contributed by atoms with van der Waals surface area (Å²) in [7, 11) is 0. The summed E-state index contributed by atoms with van der Waals surface area (Å²) in [5, 5.41) is 12.2.